The van der Waals surface area contributed by atoms with E-state index in [1.165, 1.54) is 0 Å². The predicted molar refractivity (Wildman–Crippen MR) is 51.2 cm³/mol. The van der Waals surface area contributed by atoms with E-state index >= 15 is 0 Å². The number of aryl methyl sites for hydroxylation is 1. The molecule has 78 valence electrons. The maximum Gasteiger partial charge on any atom is 0.360 e. The molecule has 0 aliphatic heterocycles. The third kappa shape index (κ3) is 2.04. The molecule has 0 aliphatic rings. The molecular formula is C8H12ClN3O2. The lowest BCUT2D eigenvalue weighted by molar-refractivity contribution is 0.0518. The lowest BCUT2D eigenvalue weighted by atomic mass is 10.3. The van der Waals surface area contributed by atoms with E-state index in [2.05, 4.69) is 10.3 Å². The number of hydrogen-bond acceptors (Lipinski definition) is 4. The van der Waals surface area contributed by atoms with Crippen LogP contribution in [-0.2, 0) is 17.2 Å². The fraction of sp³-hybridized carbons (Fsp3) is 0.625. The Kier molecular flexibility index (Phi) is 3.88. The monoisotopic (exact) mass is 217 g/mol. The fourth-order valence-electron chi connectivity index (χ4n) is 1.08. The molecule has 0 aromatic carbocycles. The maximum absolute atomic E-state index is 11.4. The highest BCUT2D eigenvalue weighted by Crippen LogP contribution is 2.09. The van der Waals surface area contributed by atoms with E-state index in [4.69, 9.17) is 16.3 Å². The highest BCUT2D eigenvalue weighted by atomic mass is 35.5. The Morgan fingerprint density at radius 2 is 2.29 bits per heavy atom. The van der Waals surface area contributed by atoms with Gasteiger partial charge in [-0.15, -0.1) is 16.7 Å². The van der Waals surface area contributed by atoms with Gasteiger partial charge in [0.15, 0.2) is 5.69 Å². The summed E-state index contributed by atoms with van der Waals surface area (Å²) in [6, 6.07) is 0. The molecule has 1 aromatic heterocycles. The summed E-state index contributed by atoms with van der Waals surface area (Å²) in [7, 11) is 0. The van der Waals surface area contributed by atoms with E-state index in [0.29, 0.717) is 18.8 Å². The highest BCUT2D eigenvalue weighted by Gasteiger charge is 2.18. The van der Waals surface area contributed by atoms with Gasteiger partial charge >= 0.3 is 5.97 Å². The second kappa shape index (κ2) is 4.95. The molecule has 0 N–H and O–H groups in total. The van der Waals surface area contributed by atoms with Gasteiger partial charge in [-0.05, 0) is 13.8 Å². The van der Waals surface area contributed by atoms with Gasteiger partial charge in [0.05, 0.1) is 18.2 Å². The van der Waals surface area contributed by atoms with Crippen LogP contribution in [0.15, 0.2) is 0 Å². The molecule has 5 nitrogen and oxygen atoms in total. The standard InChI is InChI=1S/C8H12ClN3O2/c1-3-12-6(5-9)7(10-11-12)8(13)14-4-2/h3-5H2,1-2H3. The van der Waals surface area contributed by atoms with Gasteiger partial charge < -0.3 is 4.74 Å². The predicted octanol–water partition coefficient (Wildman–Crippen LogP) is 1.21. The number of rotatable bonds is 4. The number of hydrogen-bond donors (Lipinski definition) is 0. The molecule has 1 heterocycles. The molecule has 0 saturated heterocycles. The molecular weight excluding hydrogens is 206 g/mol. The zero-order chi connectivity index (χ0) is 10.6. The van der Waals surface area contributed by atoms with E-state index in [1.807, 2.05) is 6.92 Å². The van der Waals surface area contributed by atoms with Crippen LogP contribution in [0, 0.1) is 0 Å². The Morgan fingerprint density at radius 3 is 2.79 bits per heavy atom. The SMILES string of the molecule is CCOC(=O)c1nnn(CC)c1CCl. The summed E-state index contributed by atoms with van der Waals surface area (Å²) in [5.74, 6) is -0.266. The van der Waals surface area contributed by atoms with Crippen LogP contribution in [0.5, 0.6) is 0 Å². The summed E-state index contributed by atoms with van der Waals surface area (Å²) in [5, 5.41) is 7.52. The number of aromatic nitrogens is 3. The Morgan fingerprint density at radius 1 is 1.57 bits per heavy atom. The second-order valence-corrected chi connectivity index (χ2v) is 2.82. The zero-order valence-electron chi connectivity index (χ0n) is 8.16. The van der Waals surface area contributed by atoms with Gasteiger partial charge in [0.25, 0.3) is 0 Å². The normalized spacial score (nSPS) is 10.2. The summed E-state index contributed by atoms with van der Waals surface area (Å²) in [6.45, 7) is 4.59. The Hall–Kier alpha value is -1.10. The van der Waals surface area contributed by atoms with Crippen molar-refractivity contribution in [3.63, 3.8) is 0 Å². The third-order valence-electron chi connectivity index (χ3n) is 1.73. The van der Waals surface area contributed by atoms with Gasteiger partial charge in [0.2, 0.25) is 0 Å². The molecule has 0 fully saturated rings. The smallest absolute Gasteiger partial charge is 0.360 e. The topological polar surface area (TPSA) is 57.0 Å². The van der Waals surface area contributed by atoms with Crippen molar-refractivity contribution in [2.45, 2.75) is 26.3 Å². The largest absolute Gasteiger partial charge is 0.461 e. The molecule has 1 aromatic rings. The zero-order valence-corrected chi connectivity index (χ0v) is 8.91. The maximum atomic E-state index is 11.4. The van der Waals surface area contributed by atoms with E-state index in [-0.39, 0.29) is 11.6 Å². The lowest BCUT2D eigenvalue weighted by Crippen LogP contribution is -2.09. The number of ether oxygens (including phenoxy) is 1. The Labute approximate surface area is 87.0 Å². The van der Waals surface area contributed by atoms with Crippen LogP contribution in [0.3, 0.4) is 0 Å². The molecule has 0 aliphatic carbocycles. The number of halogens is 1. The average molecular weight is 218 g/mol. The molecule has 0 spiro atoms. The van der Waals surface area contributed by atoms with Crippen molar-refractivity contribution in [1.82, 2.24) is 15.0 Å². The van der Waals surface area contributed by atoms with Crippen molar-refractivity contribution in [3.8, 4) is 0 Å². The van der Waals surface area contributed by atoms with E-state index in [0.717, 1.165) is 0 Å². The van der Waals surface area contributed by atoms with E-state index < -0.39 is 5.97 Å². The first-order chi connectivity index (χ1) is 6.74. The van der Waals surface area contributed by atoms with E-state index in [1.54, 1.807) is 11.6 Å². The van der Waals surface area contributed by atoms with Crippen LogP contribution in [0.4, 0.5) is 0 Å². The summed E-state index contributed by atoms with van der Waals surface area (Å²) < 4.78 is 6.40. The van der Waals surface area contributed by atoms with Crippen LogP contribution in [-0.4, -0.2) is 27.6 Å². The number of carbonyl (C=O) groups is 1. The Bertz CT molecular complexity index is 324. The van der Waals surface area contributed by atoms with Gasteiger partial charge in [-0.2, -0.15) is 0 Å². The molecule has 14 heavy (non-hydrogen) atoms. The van der Waals surface area contributed by atoms with Gasteiger partial charge in [-0.3, -0.25) is 0 Å². The minimum Gasteiger partial charge on any atom is -0.461 e. The van der Waals surface area contributed by atoms with Crippen LogP contribution in [0.2, 0.25) is 0 Å². The van der Waals surface area contributed by atoms with Crippen LogP contribution in [0.1, 0.15) is 30.0 Å². The number of carbonyl (C=O) groups excluding carboxylic acids is 1. The quantitative estimate of drug-likeness (QED) is 0.562. The lowest BCUT2D eigenvalue weighted by Gasteiger charge is -2.01. The molecule has 0 unspecified atom stereocenters. The van der Waals surface area contributed by atoms with Crippen molar-refractivity contribution < 1.29 is 9.53 Å². The molecule has 0 atom stereocenters. The summed E-state index contributed by atoms with van der Waals surface area (Å²) >= 11 is 5.69. The van der Waals surface area contributed by atoms with Crippen LogP contribution >= 0.6 is 11.6 Å². The number of esters is 1. The Balaban J connectivity index is 2.96. The minimum atomic E-state index is -0.470. The fourth-order valence-corrected chi connectivity index (χ4v) is 1.34. The second-order valence-electron chi connectivity index (χ2n) is 2.55. The molecule has 1 rings (SSSR count). The first-order valence-corrected chi connectivity index (χ1v) is 4.93. The third-order valence-corrected chi connectivity index (χ3v) is 1.99. The molecule has 0 amide bonds. The highest BCUT2D eigenvalue weighted by molar-refractivity contribution is 6.17. The van der Waals surface area contributed by atoms with Crippen LogP contribution in [0.25, 0.3) is 0 Å². The average Bonchev–Trinajstić information content (AvgIpc) is 2.60. The van der Waals surface area contributed by atoms with Crippen molar-refractivity contribution in [2.75, 3.05) is 6.61 Å². The van der Waals surface area contributed by atoms with Crippen molar-refractivity contribution in [1.29, 1.82) is 0 Å². The van der Waals surface area contributed by atoms with Crippen molar-refractivity contribution in [2.24, 2.45) is 0 Å². The summed E-state index contributed by atoms with van der Waals surface area (Å²) in [4.78, 5) is 11.4. The van der Waals surface area contributed by atoms with Gasteiger partial charge in [-0.25, -0.2) is 9.48 Å². The van der Waals surface area contributed by atoms with Crippen molar-refractivity contribution >= 4 is 17.6 Å². The van der Waals surface area contributed by atoms with E-state index in [9.17, 15) is 4.79 Å². The number of alkyl halides is 1. The van der Waals surface area contributed by atoms with Crippen molar-refractivity contribution in [3.05, 3.63) is 11.4 Å². The van der Waals surface area contributed by atoms with Gasteiger partial charge in [-0.1, -0.05) is 5.21 Å². The summed E-state index contributed by atoms with van der Waals surface area (Å²) in [6.07, 6.45) is 0. The molecule has 0 bridgehead atoms. The minimum absolute atomic E-state index is 0.203. The first kappa shape index (κ1) is 11.0. The number of nitrogens with zero attached hydrogens (tertiary/aromatic N) is 3. The van der Waals surface area contributed by atoms with Crippen LogP contribution < -0.4 is 0 Å². The first-order valence-electron chi connectivity index (χ1n) is 4.40. The molecule has 0 radical (unpaired) electrons. The molecule has 6 heteroatoms. The van der Waals surface area contributed by atoms with Gasteiger partial charge in [0.1, 0.15) is 0 Å². The van der Waals surface area contributed by atoms with Gasteiger partial charge in [0, 0.05) is 6.54 Å². The molecule has 0 saturated carbocycles. The summed E-state index contributed by atoms with van der Waals surface area (Å²) in [5.41, 5.74) is 0.816.